The lowest BCUT2D eigenvalue weighted by Gasteiger charge is -2.21. The molecule has 0 N–H and O–H groups in total. The molecule has 184 valence electrons. The summed E-state index contributed by atoms with van der Waals surface area (Å²) in [6.07, 6.45) is -2.91. The van der Waals surface area contributed by atoms with E-state index in [4.69, 9.17) is 16.3 Å². The van der Waals surface area contributed by atoms with E-state index in [1.165, 1.54) is 18.2 Å². The van der Waals surface area contributed by atoms with Gasteiger partial charge in [-0.25, -0.2) is 9.18 Å². The molecule has 0 saturated carbocycles. The van der Waals surface area contributed by atoms with E-state index >= 15 is 0 Å². The first-order chi connectivity index (χ1) is 17.2. The van der Waals surface area contributed by atoms with Crippen LogP contribution in [0.15, 0.2) is 71.5 Å². The van der Waals surface area contributed by atoms with E-state index in [0.717, 1.165) is 34.5 Å². The summed E-state index contributed by atoms with van der Waals surface area (Å²) in [7, 11) is 0. The number of aromatic nitrogens is 2. The minimum atomic E-state index is -4.58. The van der Waals surface area contributed by atoms with Gasteiger partial charge in [0.1, 0.15) is 17.3 Å². The number of rotatable bonds is 5. The molecule has 0 amide bonds. The number of fused-ring (bicyclic) bond motifs is 3. The van der Waals surface area contributed by atoms with Gasteiger partial charge in [-0.2, -0.15) is 18.2 Å². The summed E-state index contributed by atoms with van der Waals surface area (Å²) in [5.74, 6) is 0.102. The molecule has 0 bridgehead atoms. The van der Waals surface area contributed by atoms with Crippen molar-refractivity contribution in [1.29, 1.82) is 0 Å². The molecule has 9 heteroatoms. The van der Waals surface area contributed by atoms with Crippen molar-refractivity contribution in [2.45, 2.75) is 32.0 Å². The van der Waals surface area contributed by atoms with Gasteiger partial charge in [-0.15, -0.1) is 0 Å². The molecule has 0 saturated heterocycles. The van der Waals surface area contributed by atoms with E-state index in [-0.39, 0.29) is 17.3 Å². The van der Waals surface area contributed by atoms with Crippen molar-refractivity contribution in [3.05, 3.63) is 110 Å². The Kier molecular flexibility index (Phi) is 6.30. The maximum Gasteiger partial charge on any atom is 0.417 e. The average Bonchev–Trinajstić information content (AvgIpc) is 2.83. The Bertz CT molecular complexity index is 1500. The first kappa shape index (κ1) is 24.1. The van der Waals surface area contributed by atoms with E-state index in [2.05, 4.69) is 4.98 Å². The van der Waals surface area contributed by atoms with Crippen LogP contribution in [-0.2, 0) is 32.0 Å². The van der Waals surface area contributed by atoms with Crippen LogP contribution in [0.1, 0.15) is 22.4 Å². The minimum Gasteiger partial charge on any atom is -0.457 e. The molecule has 4 aromatic rings. The number of hydrogen-bond donors (Lipinski definition) is 0. The molecule has 0 aliphatic carbocycles. The second-order valence-corrected chi connectivity index (χ2v) is 8.91. The van der Waals surface area contributed by atoms with E-state index in [1.807, 2.05) is 6.07 Å². The normalized spacial score (nSPS) is 12.7. The zero-order chi connectivity index (χ0) is 25.4. The summed E-state index contributed by atoms with van der Waals surface area (Å²) >= 11 is 5.65. The summed E-state index contributed by atoms with van der Waals surface area (Å²) in [6, 6.07) is 16.8. The van der Waals surface area contributed by atoms with Gasteiger partial charge in [0.15, 0.2) is 0 Å². The van der Waals surface area contributed by atoms with Crippen molar-refractivity contribution in [2.24, 2.45) is 0 Å². The molecule has 3 aromatic carbocycles. The van der Waals surface area contributed by atoms with Crippen LogP contribution in [-0.4, -0.2) is 9.55 Å². The Labute approximate surface area is 208 Å². The zero-order valence-electron chi connectivity index (χ0n) is 18.8. The van der Waals surface area contributed by atoms with Gasteiger partial charge >= 0.3 is 11.9 Å². The smallest absolute Gasteiger partial charge is 0.417 e. The molecule has 0 radical (unpaired) electrons. The number of halogens is 5. The molecule has 0 fully saturated rings. The minimum absolute atomic E-state index is 0.0263. The van der Waals surface area contributed by atoms with Gasteiger partial charge in [0.05, 0.1) is 16.3 Å². The lowest BCUT2D eigenvalue weighted by Crippen LogP contribution is -2.29. The third-order valence-electron chi connectivity index (χ3n) is 6.08. The maximum atomic E-state index is 13.6. The number of alkyl halides is 3. The SMILES string of the molecule is O=c1nc(CCc2ccc(Oc3ccc(Cl)c(C(F)(F)F)c3)cc2)cc2n1CCc1cc(F)ccc1-2. The van der Waals surface area contributed by atoms with Crippen molar-refractivity contribution in [3.8, 4) is 22.8 Å². The Balaban J connectivity index is 1.29. The largest absolute Gasteiger partial charge is 0.457 e. The van der Waals surface area contributed by atoms with Gasteiger partial charge in [-0.05, 0) is 85.0 Å². The highest BCUT2D eigenvalue weighted by molar-refractivity contribution is 6.31. The molecule has 0 atom stereocenters. The predicted octanol–water partition coefficient (Wildman–Crippen LogP) is 6.86. The summed E-state index contributed by atoms with van der Waals surface area (Å²) in [5.41, 5.74) is 2.71. The molecule has 2 heterocycles. The van der Waals surface area contributed by atoms with Crippen molar-refractivity contribution in [3.63, 3.8) is 0 Å². The Morgan fingerprint density at radius 1 is 0.944 bits per heavy atom. The van der Waals surface area contributed by atoms with Gasteiger partial charge in [0.2, 0.25) is 0 Å². The molecular weight excluding hydrogens is 496 g/mol. The summed E-state index contributed by atoms with van der Waals surface area (Å²) < 4.78 is 60.0. The molecule has 1 aromatic heterocycles. The molecule has 4 nitrogen and oxygen atoms in total. The number of benzene rings is 3. The Morgan fingerprint density at radius 3 is 2.44 bits per heavy atom. The van der Waals surface area contributed by atoms with E-state index in [9.17, 15) is 22.4 Å². The van der Waals surface area contributed by atoms with Gasteiger partial charge in [0.25, 0.3) is 0 Å². The fourth-order valence-electron chi connectivity index (χ4n) is 4.29. The molecule has 1 aliphatic rings. The fourth-order valence-corrected chi connectivity index (χ4v) is 4.52. The highest BCUT2D eigenvalue weighted by Gasteiger charge is 2.33. The Morgan fingerprint density at radius 2 is 1.69 bits per heavy atom. The standard InChI is InChI=1S/C27H19ClF4N2O2/c28-24-10-8-21(15-23(24)27(30,31)32)36-20-6-2-16(3-7-20)1-5-19-14-25-22-9-4-18(29)13-17(22)11-12-34(25)26(35)33-19/h2-4,6-10,13-15H,1,5,11-12H2. The van der Waals surface area contributed by atoms with Crippen molar-refractivity contribution < 1.29 is 22.3 Å². The molecule has 0 unspecified atom stereocenters. The van der Waals surface area contributed by atoms with Gasteiger partial charge < -0.3 is 4.74 Å². The van der Waals surface area contributed by atoms with Crippen LogP contribution in [0.5, 0.6) is 11.5 Å². The van der Waals surface area contributed by atoms with Crippen LogP contribution in [0.4, 0.5) is 17.6 Å². The monoisotopic (exact) mass is 514 g/mol. The topological polar surface area (TPSA) is 44.1 Å². The van der Waals surface area contributed by atoms with Crippen molar-refractivity contribution in [1.82, 2.24) is 9.55 Å². The van der Waals surface area contributed by atoms with Gasteiger partial charge in [0, 0.05) is 17.8 Å². The zero-order valence-corrected chi connectivity index (χ0v) is 19.5. The fraction of sp³-hybridized carbons (Fsp3) is 0.185. The average molecular weight is 515 g/mol. The van der Waals surface area contributed by atoms with Crippen LogP contribution >= 0.6 is 11.6 Å². The quantitative estimate of drug-likeness (QED) is 0.273. The summed E-state index contributed by atoms with van der Waals surface area (Å²) in [6.45, 7) is 0.456. The molecular formula is C27H19ClF4N2O2. The molecule has 0 spiro atoms. The van der Waals surface area contributed by atoms with E-state index < -0.39 is 16.8 Å². The van der Waals surface area contributed by atoms with E-state index in [1.54, 1.807) is 34.9 Å². The van der Waals surface area contributed by atoms with Crippen LogP contribution in [0.3, 0.4) is 0 Å². The number of ether oxygens (including phenoxy) is 1. The third-order valence-corrected chi connectivity index (χ3v) is 6.41. The number of aryl methyl sites for hydroxylation is 3. The molecule has 36 heavy (non-hydrogen) atoms. The van der Waals surface area contributed by atoms with Crippen LogP contribution < -0.4 is 10.4 Å². The first-order valence-electron chi connectivity index (χ1n) is 11.2. The van der Waals surface area contributed by atoms with Gasteiger partial charge in [-0.3, -0.25) is 4.57 Å². The van der Waals surface area contributed by atoms with Crippen LogP contribution in [0.2, 0.25) is 5.02 Å². The van der Waals surface area contributed by atoms with E-state index in [0.29, 0.717) is 37.3 Å². The summed E-state index contributed by atoms with van der Waals surface area (Å²) in [5, 5.41) is -0.392. The van der Waals surface area contributed by atoms with Gasteiger partial charge in [-0.1, -0.05) is 23.7 Å². The Hall–Kier alpha value is -3.65. The van der Waals surface area contributed by atoms with Crippen molar-refractivity contribution >= 4 is 11.6 Å². The highest BCUT2D eigenvalue weighted by Crippen LogP contribution is 2.37. The molecule has 5 rings (SSSR count). The third kappa shape index (κ3) is 4.99. The predicted molar refractivity (Wildman–Crippen MR) is 128 cm³/mol. The highest BCUT2D eigenvalue weighted by atomic mass is 35.5. The first-order valence-corrected chi connectivity index (χ1v) is 11.6. The second-order valence-electron chi connectivity index (χ2n) is 8.50. The lowest BCUT2D eigenvalue weighted by atomic mass is 9.96. The van der Waals surface area contributed by atoms with Crippen LogP contribution in [0.25, 0.3) is 11.3 Å². The lowest BCUT2D eigenvalue weighted by molar-refractivity contribution is -0.137. The summed E-state index contributed by atoms with van der Waals surface area (Å²) in [4.78, 5) is 16.8. The molecule has 1 aliphatic heterocycles. The number of hydrogen-bond acceptors (Lipinski definition) is 3. The van der Waals surface area contributed by atoms with Crippen LogP contribution in [0, 0.1) is 5.82 Å². The second kappa shape index (κ2) is 9.43. The maximum absolute atomic E-state index is 13.6. The van der Waals surface area contributed by atoms with Crippen molar-refractivity contribution in [2.75, 3.05) is 0 Å². The number of nitrogens with zero attached hydrogens (tertiary/aromatic N) is 2.